The fraction of sp³-hybridized carbons (Fsp3) is 0.455. The number of carbonyl (C=O) groups excluding carboxylic acids is 1. The van der Waals surface area contributed by atoms with Crippen LogP contribution in [0.5, 0.6) is 5.75 Å². The molecular formula is C22H24F5N3O5S. The Kier molecular flexibility index (Phi) is 7.37. The maximum absolute atomic E-state index is 14.4. The van der Waals surface area contributed by atoms with E-state index in [0.29, 0.717) is 0 Å². The third-order valence-electron chi connectivity index (χ3n) is 6.33. The molecule has 2 heterocycles. The second-order valence-corrected chi connectivity index (χ2v) is 10.8. The van der Waals surface area contributed by atoms with Gasteiger partial charge in [-0.15, -0.1) is 0 Å². The van der Waals surface area contributed by atoms with E-state index in [9.17, 15) is 35.2 Å². The second-order valence-electron chi connectivity index (χ2n) is 8.63. The molecule has 1 aliphatic rings. The predicted molar refractivity (Wildman–Crippen MR) is 118 cm³/mol. The van der Waals surface area contributed by atoms with Gasteiger partial charge in [0.05, 0.1) is 19.0 Å². The van der Waals surface area contributed by atoms with Crippen molar-refractivity contribution >= 4 is 21.6 Å². The lowest BCUT2D eigenvalue weighted by Gasteiger charge is -2.32. The van der Waals surface area contributed by atoms with E-state index in [1.165, 1.54) is 21.0 Å². The Morgan fingerprint density at radius 2 is 1.86 bits per heavy atom. The van der Waals surface area contributed by atoms with E-state index in [2.05, 4.69) is 10.3 Å². The number of nitrogens with one attached hydrogen (secondary N) is 1. The zero-order valence-corrected chi connectivity index (χ0v) is 20.7. The summed E-state index contributed by atoms with van der Waals surface area (Å²) in [5, 5.41) is 2.32. The lowest BCUT2D eigenvalue weighted by atomic mass is 9.77. The number of methoxy groups -OCH3 is 1. The molecule has 1 fully saturated rings. The summed E-state index contributed by atoms with van der Waals surface area (Å²) in [5.74, 6) is -7.29. The number of anilines is 1. The molecule has 1 amide bonds. The summed E-state index contributed by atoms with van der Waals surface area (Å²) in [6, 6.07) is 2.84. The highest BCUT2D eigenvalue weighted by molar-refractivity contribution is 7.89. The van der Waals surface area contributed by atoms with Crippen LogP contribution in [-0.2, 0) is 19.6 Å². The van der Waals surface area contributed by atoms with Crippen LogP contribution >= 0.6 is 0 Å². The van der Waals surface area contributed by atoms with E-state index in [1.807, 2.05) is 0 Å². The van der Waals surface area contributed by atoms with Gasteiger partial charge in [0.1, 0.15) is 11.0 Å². The number of carbonyl (C=O) groups is 1. The van der Waals surface area contributed by atoms with Crippen molar-refractivity contribution in [3.63, 3.8) is 0 Å². The van der Waals surface area contributed by atoms with Crippen LogP contribution in [-0.4, -0.2) is 62.7 Å². The van der Waals surface area contributed by atoms with Crippen molar-refractivity contribution in [2.75, 3.05) is 26.5 Å². The van der Waals surface area contributed by atoms with Crippen LogP contribution in [0.4, 0.5) is 27.6 Å². The number of aromatic nitrogens is 1. The highest BCUT2D eigenvalue weighted by Gasteiger charge is 2.65. The number of halogens is 5. The largest absolute Gasteiger partial charge is 0.493 e. The molecule has 14 heteroatoms. The van der Waals surface area contributed by atoms with Crippen LogP contribution in [0.1, 0.15) is 25.3 Å². The molecule has 36 heavy (non-hydrogen) atoms. The number of nitrogens with zero attached hydrogens (tertiary/aromatic N) is 2. The molecule has 1 aromatic carbocycles. The zero-order chi connectivity index (χ0) is 27.2. The van der Waals surface area contributed by atoms with E-state index < -0.39 is 63.0 Å². The Bertz CT molecular complexity index is 1270. The molecule has 0 saturated carbocycles. The molecule has 3 rings (SSSR count). The van der Waals surface area contributed by atoms with Gasteiger partial charge >= 0.3 is 6.18 Å². The summed E-state index contributed by atoms with van der Waals surface area (Å²) in [6.07, 6.45) is -4.62. The maximum atomic E-state index is 14.4. The normalized spacial score (nSPS) is 24.7. The lowest BCUT2D eigenvalue weighted by Crippen LogP contribution is -2.47. The second kappa shape index (κ2) is 9.56. The van der Waals surface area contributed by atoms with Crippen molar-refractivity contribution in [2.45, 2.75) is 42.5 Å². The Hall–Kier alpha value is -2.84. The van der Waals surface area contributed by atoms with Crippen LogP contribution < -0.4 is 10.1 Å². The fourth-order valence-electron chi connectivity index (χ4n) is 4.09. The molecule has 1 N–H and O–H groups in total. The number of alkyl halides is 3. The van der Waals surface area contributed by atoms with Gasteiger partial charge in [-0.05, 0) is 19.1 Å². The summed E-state index contributed by atoms with van der Waals surface area (Å²) in [5.41, 5.74) is -3.15. The Labute approximate surface area is 204 Å². The number of rotatable bonds is 6. The van der Waals surface area contributed by atoms with Gasteiger partial charge in [0.25, 0.3) is 5.91 Å². The average molecular weight is 538 g/mol. The van der Waals surface area contributed by atoms with Crippen LogP contribution in [0, 0.1) is 17.6 Å². The van der Waals surface area contributed by atoms with Crippen LogP contribution in [0.15, 0.2) is 35.5 Å². The van der Waals surface area contributed by atoms with Gasteiger partial charge in [-0.25, -0.2) is 17.1 Å². The highest BCUT2D eigenvalue weighted by atomic mass is 32.2. The first-order valence-electron chi connectivity index (χ1n) is 10.5. The molecule has 0 aliphatic carbocycles. The first-order chi connectivity index (χ1) is 16.6. The van der Waals surface area contributed by atoms with Crippen molar-refractivity contribution in [1.29, 1.82) is 0 Å². The minimum absolute atomic E-state index is 0.129. The smallest absolute Gasteiger partial charge is 0.417 e. The number of amides is 1. The van der Waals surface area contributed by atoms with Gasteiger partial charge in [-0.1, -0.05) is 13.0 Å². The van der Waals surface area contributed by atoms with Crippen molar-refractivity contribution < 1.29 is 44.6 Å². The van der Waals surface area contributed by atoms with Crippen molar-refractivity contribution in [3.05, 3.63) is 47.8 Å². The molecule has 0 spiro atoms. The monoisotopic (exact) mass is 537 g/mol. The summed E-state index contributed by atoms with van der Waals surface area (Å²) in [4.78, 5) is 16.7. The topological polar surface area (TPSA) is 97.8 Å². The van der Waals surface area contributed by atoms with Crippen molar-refractivity contribution in [1.82, 2.24) is 9.29 Å². The number of hydrogen-bond donors (Lipinski definition) is 1. The summed E-state index contributed by atoms with van der Waals surface area (Å²) < 4.78 is 106. The number of sulfonamides is 1. The molecule has 1 saturated heterocycles. The van der Waals surface area contributed by atoms with Gasteiger partial charge in [0, 0.05) is 37.7 Å². The van der Waals surface area contributed by atoms with E-state index >= 15 is 0 Å². The highest BCUT2D eigenvalue weighted by Crippen LogP contribution is 2.55. The summed E-state index contributed by atoms with van der Waals surface area (Å²) in [6.45, 7) is 1.94. The fourth-order valence-corrected chi connectivity index (χ4v) is 4.98. The molecule has 1 aromatic heterocycles. The minimum Gasteiger partial charge on any atom is -0.493 e. The number of ether oxygens (including phenoxy) is 2. The Balaban J connectivity index is 2.07. The molecule has 2 aromatic rings. The molecule has 8 nitrogen and oxygen atoms in total. The summed E-state index contributed by atoms with van der Waals surface area (Å²) >= 11 is 0. The van der Waals surface area contributed by atoms with Gasteiger partial charge in [-0.3, -0.25) is 9.78 Å². The SMILES string of the molecule is COc1c([C@@H]2[C@@H](C(=O)Nc3cncc(S(=O)(=O)N(C)C)c3)O[C@](C)(C(F)(F)F)[C@@H]2C)ccc(F)c1F. The van der Waals surface area contributed by atoms with Crippen molar-refractivity contribution in [2.24, 2.45) is 5.92 Å². The zero-order valence-electron chi connectivity index (χ0n) is 19.9. The van der Waals surface area contributed by atoms with E-state index in [4.69, 9.17) is 9.47 Å². The van der Waals surface area contributed by atoms with Gasteiger partial charge in [0.15, 0.2) is 17.2 Å². The Morgan fingerprint density at radius 1 is 1.22 bits per heavy atom. The van der Waals surface area contributed by atoms with Gasteiger partial charge < -0.3 is 14.8 Å². The van der Waals surface area contributed by atoms with Crippen molar-refractivity contribution in [3.8, 4) is 5.75 Å². The van der Waals surface area contributed by atoms with Crippen LogP contribution in [0.3, 0.4) is 0 Å². The summed E-state index contributed by atoms with van der Waals surface area (Å²) in [7, 11) is -0.343. The van der Waals surface area contributed by atoms with Gasteiger partial charge in [-0.2, -0.15) is 17.6 Å². The molecule has 0 radical (unpaired) electrons. The van der Waals surface area contributed by atoms with E-state index in [0.717, 1.165) is 48.9 Å². The average Bonchev–Trinajstić information content (AvgIpc) is 3.07. The maximum Gasteiger partial charge on any atom is 0.417 e. The number of pyridine rings is 1. The molecule has 198 valence electrons. The molecule has 1 aliphatic heterocycles. The molecule has 0 unspecified atom stereocenters. The third-order valence-corrected chi connectivity index (χ3v) is 8.11. The number of hydrogen-bond acceptors (Lipinski definition) is 6. The van der Waals surface area contributed by atoms with Crippen LogP contribution in [0.2, 0.25) is 0 Å². The minimum atomic E-state index is -4.92. The van der Waals surface area contributed by atoms with E-state index in [-0.39, 0.29) is 16.1 Å². The quantitative estimate of drug-likeness (QED) is 0.565. The van der Waals surface area contributed by atoms with Gasteiger partial charge in [0.2, 0.25) is 15.8 Å². The molecule has 0 bridgehead atoms. The molecular weight excluding hydrogens is 513 g/mol. The number of benzene rings is 1. The van der Waals surface area contributed by atoms with E-state index in [1.54, 1.807) is 0 Å². The predicted octanol–water partition coefficient (Wildman–Crippen LogP) is 3.70. The first-order valence-corrected chi connectivity index (χ1v) is 11.9. The molecule has 4 atom stereocenters. The van der Waals surface area contributed by atoms with Crippen LogP contribution in [0.25, 0.3) is 0 Å². The lowest BCUT2D eigenvalue weighted by molar-refractivity contribution is -0.272. The Morgan fingerprint density at radius 3 is 2.42 bits per heavy atom. The third kappa shape index (κ3) is 4.64. The first kappa shape index (κ1) is 27.7. The standard InChI is InChI=1S/C22H24F5N3O5S/c1-11-16(14-6-7-15(23)17(24)18(14)34-5)19(35-21(11,2)22(25,26)27)20(31)29-12-8-13(10-28-9-12)36(32,33)30(3)4/h6-11,16,19H,1-5H3,(H,29,31)/t11-,16-,19+,21+/m1/s1.